The molecule has 0 spiro atoms. The summed E-state index contributed by atoms with van der Waals surface area (Å²) in [4.78, 5) is 23.0. The van der Waals surface area contributed by atoms with E-state index in [4.69, 9.17) is 5.11 Å². The molecule has 0 aromatic carbocycles. The molecule has 1 fully saturated rings. The van der Waals surface area contributed by atoms with Crippen LogP contribution >= 0.6 is 11.8 Å². The Morgan fingerprint density at radius 2 is 1.90 bits per heavy atom. The van der Waals surface area contributed by atoms with Crippen molar-refractivity contribution in [2.45, 2.75) is 56.7 Å². The predicted molar refractivity (Wildman–Crippen MR) is 82.1 cm³/mol. The van der Waals surface area contributed by atoms with Gasteiger partial charge in [-0.05, 0) is 31.4 Å². The van der Waals surface area contributed by atoms with Crippen molar-refractivity contribution in [3.8, 4) is 0 Å². The largest absolute Gasteiger partial charge is 0.480 e. The number of carboxylic acids is 1. The summed E-state index contributed by atoms with van der Waals surface area (Å²) >= 11 is 1.80. The third-order valence-corrected chi connectivity index (χ3v) is 5.25. The molecule has 0 aromatic rings. The zero-order valence-electron chi connectivity index (χ0n) is 12.6. The average molecular weight is 302 g/mol. The molecule has 0 aromatic heterocycles. The summed E-state index contributed by atoms with van der Waals surface area (Å²) in [5, 5.41) is 14.5. The molecule has 0 aliphatic heterocycles. The van der Waals surface area contributed by atoms with Crippen LogP contribution in [0.25, 0.3) is 0 Å². The molecule has 5 nitrogen and oxygen atoms in total. The van der Waals surface area contributed by atoms with Gasteiger partial charge in [0.15, 0.2) is 0 Å². The van der Waals surface area contributed by atoms with Crippen LogP contribution in [0.1, 0.15) is 46.0 Å². The standard InChI is InChI=1S/C14H26N2O3S/c1-10(2)8-11(12(17)18)16-13(19)15-9-14(20-3)6-4-5-7-14/h10-11H,4-9H2,1-3H3,(H,17,18)(H2,15,16,19)/t11-/m0/s1. The quantitative estimate of drug-likeness (QED) is 0.675. The van der Waals surface area contributed by atoms with Crippen molar-refractivity contribution in [3.63, 3.8) is 0 Å². The zero-order chi connectivity index (χ0) is 15.2. The van der Waals surface area contributed by atoms with Crippen LogP contribution < -0.4 is 10.6 Å². The first-order chi connectivity index (χ1) is 9.38. The van der Waals surface area contributed by atoms with Gasteiger partial charge < -0.3 is 15.7 Å². The van der Waals surface area contributed by atoms with Gasteiger partial charge in [-0.15, -0.1) is 0 Å². The number of carbonyl (C=O) groups is 2. The van der Waals surface area contributed by atoms with Crippen LogP contribution in [0.15, 0.2) is 0 Å². The van der Waals surface area contributed by atoms with Gasteiger partial charge in [0.1, 0.15) is 6.04 Å². The number of rotatable bonds is 7. The van der Waals surface area contributed by atoms with E-state index in [1.807, 2.05) is 13.8 Å². The van der Waals surface area contributed by atoms with Gasteiger partial charge in [0.2, 0.25) is 0 Å². The van der Waals surface area contributed by atoms with Gasteiger partial charge in [-0.1, -0.05) is 26.7 Å². The van der Waals surface area contributed by atoms with Crippen LogP contribution in [0.2, 0.25) is 0 Å². The molecule has 0 saturated heterocycles. The lowest BCUT2D eigenvalue weighted by Gasteiger charge is -2.27. The summed E-state index contributed by atoms with van der Waals surface area (Å²) in [6.45, 7) is 4.49. The van der Waals surface area contributed by atoms with E-state index in [-0.39, 0.29) is 16.7 Å². The molecule has 1 atom stereocenters. The molecule has 1 saturated carbocycles. The minimum Gasteiger partial charge on any atom is -0.480 e. The lowest BCUT2D eigenvalue weighted by atomic mass is 10.0. The number of urea groups is 1. The third kappa shape index (κ3) is 5.23. The van der Waals surface area contributed by atoms with Crippen LogP contribution in [0.4, 0.5) is 4.79 Å². The molecule has 1 aliphatic carbocycles. The average Bonchev–Trinajstić information content (AvgIpc) is 2.84. The lowest BCUT2D eigenvalue weighted by molar-refractivity contribution is -0.139. The highest BCUT2D eigenvalue weighted by Gasteiger charge is 2.33. The molecule has 0 unspecified atom stereocenters. The fourth-order valence-electron chi connectivity index (χ4n) is 2.62. The Hall–Kier alpha value is -0.910. The predicted octanol–water partition coefficient (Wildman–Crippen LogP) is 2.46. The van der Waals surface area contributed by atoms with Gasteiger partial charge in [-0.2, -0.15) is 11.8 Å². The van der Waals surface area contributed by atoms with E-state index < -0.39 is 12.0 Å². The van der Waals surface area contributed by atoms with E-state index in [0.29, 0.717) is 13.0 Å². The molecule has 6 heteroatoms. The number of carboxylic acid groups (broad SMARTS) is 1. The number of nitrogens with one attached hydrogen (secondary N) is 2. The van der Waals surface area contributed by atoms with Gasteiger partial charge in [0, 0.05) is 11.3 Å². The van der Waals surface area contributed by atoms with Crippen LogP contribution in [-0.2, 0) is 4.79 Å². The minimum absolute atomic E-state index is 0.133. The molecule has 2 amide bonds. The first-order valence-electron chi connectivity index (χ1n) is 7.21. The first kappa shape index (κ1) is 17.1. The van der Waals surface area contributed by atoms with Crippen molar-refractivity contribution in [3.05, 3.63) is 0 Å². The van der Waals surface area contributed by atoms with E-state index in [2.05, 4.69) is 16.9 Å². The maximum Gasteiger partial charge on any atom is 0.326 e. The number of thioether (sulfide) groups is 1. The molecular weight excluding hydrogens is 276 g/mol. The Balaban J connectivity index is 2.43. The van der Waals surface area contributed by atoms with Crippen molar-refractivity contribution < 1.29 is 14.7 Å². The van der Waals surface area contributed by atoms with Crippen LogP contribution in [0.5, 0.6) is 0 Å². The molecule has 0 heterocycles. The van der Waals surface area contributed by atoms with E-state index in [9.17, 15) is 9.59 Å². The van der Waals surface area contributed by atoms with Crippen LogP contribution in [0.3, 0.4) is 0 Å². The van der Waals surface area contributed by atoms with Crippen molar-refractivity contribution in [2.24, 2.45) is 5.92 Å². The fourth-order valence-corrected chi connectivity index (χ4v) is 3.53. The van der Waals surface area contributed by atoms with Crippen LogP contribution in [-0.4, -0.2) is 40.7 Å². The zero-order valence-corrected chi connectivity index (χ0v) is 13.4. The Morgan fingerprint density at radius 3 is 2.35 bits per heavy atom. The minimum atomic E-state index is -0.978. The highest BCUT2D eigenvalue weighted by molar-refractivity contribution is 8.00. The van der Waals surface area contributed by atoms with Crippen molar-refractivity contribution in [1.29, 1.82) is 0 Å². The topological polar surface area (TPSA) is 78.4 Å². The molecular formula is C14H26N2O3S. The number of hydrogen-bond acceptors (Lipinski definition) is 3. The SMILES string of the molecule is CSC1(CNC(=O)N[C@@H](CC(C)C)C(=O)O)CCCC1. The van der Waals surface area contributed by atoms with E-state index in [1.165, 1.54) is 12.8 Å². The number of amides is 2. The maximum absolute atomic E-state index is 11.9. The van der Waals surface area contributed by atoms with Gasteiger partial charge in [0.25, 0.3) is 0 Å². The second-order valence-electron chi connectivity index (χ2n) is 5.94. The Labute approximate surface area is 125 Å². The Morgan fingerprint density at radius 1 is 1.30 bits per heavy atom. The smallest absolute Gasteiger partial charge is 0.326 e. The summed E-state index contributed by atoms with van der Waals surface area (Å²) in [5.74, 6) is -0.752. The monoisotopic (exact) mass is 302 g/mol. The van der Waals surface area contributed by atoms with Crippen molar-refractivity contribution in [1.82, 2.24) is 10.6 Å². The number of hydrogen-bond donors (Lipinski definition) is 3. The number of aliphatic carboxylic acids is 1. The fraction of sp³-hybridized carbons (Fsp3) is 0.857. The van der Waals surface area contributed by atoms with E-state index >= 15 is 0 Å². The number of carbonyl (C=O) groups excluding carboxylic acids is 1. The Bertz CT molecular complexity index is 341. The Kier molecular flexibility index (Phi) is 6.65. The van der Waals surface area contributed by atoms with Gasteiger partial charge in [-0.3, -0.25) is 0 Å². The van der Waals surface area contributed by atoms with Crippen molar-refractivity contribution in [2.75, 3.05) is 12.8 Å². The summed E-state index contributed by atoms with van der Waals surface area (Å²) in [6.07, 6.45) is 7.15. The second kappa shape index (κ2) is 7.76. The van der Waals surface area contributed by atoms with Gasteiger partial charge in [0.05, 0.1) is 0 Å². The summed E-state index contributed by atoms with van der Waals surface area (Å²) in [5.41, 5.74) is 0. The molecule has 20 heavy (non-hydrogen) atoms. The maximum atomic E-state index is 11.9. The summed E-state index contributed by atoms with van der Waals surface area (Å²) in [6, 6.07) is -1.19. The van der Waals surface area contributed by atoms with E-state index in [0.717, 1.165) is 12.8 Å². The molecule has 1 rings (SSSR count). The van der Waals surface area contributed by atoms with Gasteiger partial charge in [-0.25, -0.2) is 9.59 Å². The molecule has 0 radical (unpaired) electrons. The summed E-state index contributed by atoms with van der Waals surface area (Å²) in [7, 11) is 0. The highest BCUT2D eigenvalue weighted by atomic mass is 32.2. The highest BCUT2D eigenvalue weighted by Crippen LogP contribution is 2.39. The molecule has 116 valence electrons. The van der Waals surface area contributed by atoms with Crippen molar-refractivity contribution >= 4 is 23.8 Å². The van der Waals surface area contributed by atoms with Gasteiger partial charge >= 0.3 is 12.0 Å². The molecule has 3 N–H and O–H groups in total. The first-order valence-corrected chi connectivity index (χ1v) is 8.43. The third-order valence-electron chi connectivity index (χ3n) is 3.83. The molecule has 1 aliphatic rings. The molecule has 0 bridgehead atoms. The summed E-state index contributed by atoms with van der Waals surface area (Å²) < 4.78 is 0.133. The second-order valence-corrected chi connectivity index (χ2v) is 7.22. The van der Waals surface area contributed by atoms with E-state index in [1.54, 1.807) is 11.8 Å². The normalized spacial score (nSPS) is 18.8. The lowest BCUT2D eigenvalue weighted by Crippen LogP contribution is -2.49. The van der Waals surface area contributed by atoms with Crippen LogP contribution in [0, 0.1) is 5.92 Å².